The van der Waals surface area contributed by atoms with E-state index in [0.717, 1.165) is 0 Å². The molecule has 0 aromatic carbocycles. The molecule has 12 nitrogen and oxygen atoms in total. The molecule has 0 aliphatic carbocycles. The quantitative estimate of drug-likeness (QED) is 0.172. The van der Waals surface area contributed by atoms with Crippen molar-refractivity contribution in [2.45, 2.75) is 61.4 Å². The lowest BCUT2D eigenvalue weighted by Crippen LogP contribution is -2.64. The van der Waals surface area contributed by atoms with Gasteiger partial charge in [-0.15, -0.1) is 0 Å². The van der Waals surface area contributed by atoms with Crippen LogP contribution in [-0.2, 0) is 19.1 Å². The van der Waals surface area contributed by atoms with Crippen molar-refractivity contribution in [3.8, 4) is 0 Å². The zero-order chi connectivity index (χ0) is 18.0. The summed E-state index contributed by atoms with van der Waals surface area (Å²) < 4.78 is 15.2. The van der Waals surface area contributed by atoms with Crippen molar-refractivity contribution in [1.82, 2.24) is 0 Å². The van der Waals surface area contributed by atoms with Crippen molar-refractivity contribution in [3.63, 3.8) is 0 Å². The Kier molecular flexibility index (Phi) is 6.83. The molecule has 0 radical (unpaired) electrons. The average molecular weight is 358 g/mol. The summed E-state index contributed by atoms with van der Waals surface area (Å²) in [5, 5.41) is 76.4. The van der Waals surface area contributed by atoms with Gasteiger partial charge in [-0.1, -0.05) is 0 Å². The minimum absolute atomic E-state index is 0.526. The fourth-order valence-electron chi connectivity index (χ4n) is 2.61. The summed E-state index contributed by atoms with van der Waals surface area (Å²) in [6.45, 7) is -1.21. The number of aliphatic hydroxyl groups is 7. The third kappa shape index (κ3) is 3.85. The monoisotopic (exact) mass is 358 g/mol. The first-order valence-corrected chi connectivity index (χ1v) is 7.23. The Hall–Kier alpha value is -0.480. The molecule has 24 heavy (non-hydrogen) atoms. The second-order valence-corrected chi connectivity index (χ2v) is 5.64. The normalized spacial score (nSPS) is 50.0. The number of aliphatic hydroxyl groups excluding tert-OH is 7. The molecule has 0 amide bonds. The second kappa shape index (κ2) is 8.27. The van der Waals surface area contributed by atoms with Crippen LogP contribution in [0.15, 0.2) is 0 Å². The van der Waals surface area contributed by atoms with Crippen LogP contribution in [0.25, 0.3) is 0 Å². The minimum atomic E-state index is -1.78. The molecule has 2 aliphatic heterocycles. The van der Waals surface area contributed by atoms with Crippen LogP contribution in [0.4, 0.5) is 0 Å². The summed E-state index contributed by atoms with van der Waals surface area (Å²) >= 11 is 0. The number of ether oxygens (including phenoxy) is 3. The van der Waals surface area contributed by atoms with Crippen LogP contribution in [0.2, 0.25) is 0 Å². The van der Waals surface area contributed by atoms with E-state index in [1.807, 2.05) is 0 Å². The zero-order valence-corrected chi connectivity index (χ0v) is 12.4. The smallest absolute Gasteiger partial charge is 0.187 e. The molecule has 12 heteroatoms. The van der Waals surface area contributed by atoms with Gasteiger partial charge in [0.25, 0.3) is 0 Å². The summed E-state index contributed by atoms with van der Waals surface area (Å²) in [5.41, 5.74) is 0. The van der Waals surface area contributed by atoms with Crippen molar-refractivity contribution >= 4 is 0 Å². The first kappa shape index (κ1) is 19.8. The molecule has 0 aromatic rings. The Morgan fingerprint density at radius 1 is 0.750 bits per heavy atom. The van der Waals surface area contributed by atoms with Crippen LogP contribution in [-0.4, -0.2) is 116 Å². The standard InChI is InChI=1S/C12H22O12/c13-1-3-5(14)7(16)9(18)12(23-3)24-10-8(17)6(15)4(2-21-20)22-11(10)19/h3-20H,1-2H2. The highest BCUT2D eigenvalue weighted by atomic mass is 17.1. The van der Waals surface area contributed by atoms with Crippen molar-refractivity contribution < 1.29 is 60.1 Å². The molecular weight excluding hydrogens is 336 g/mol. The molecular formula is C12H22O12. The molecule has 2 rings (SSSR count). The lowest BCUT2D eigenvalue weighted by Gasteiger charge is -2.44. The number of hydrogen-bond acceptors (Lipinski definition) is 12. The van der Waals surface area contributed by atoms with Gasteiger partial charge in [0.15, 0.2) is 12.6 Å². The highest BCUT2D eigenvalue weighted by Gasteiger charge is 2.50. The molecule has 2 aliphatic rings. The first-order valence-electron chi connectivity index (χ1n) is 7.23. The maximum absolute atomic E-state index is 10.0. The molecule has 142 valence electrons. The van der Waals surface area contributed by atoms with Crippen LogP contribution in [0.5, 0.6) is 0 Å². The molecule has 0 saturated carbocycles. The van der Waals surface area contributed by atoms with Gasteiger partial charge in [-0.05, 0) is 0 Å². The Balaban J connectivity index is 2.06. The van der Waals surface area contributed by atoms with Gasteiger partial charge in [0, 0.05) is 0 Å². The van der Waals surface area contributed by atoms with Crippen LogP contribution in [0, 0.1) is 0 Å². The number of hydrogen-bond donors (Lipinski definition) is 8. The van der Waals surface area contributed by atoms with Gasteiger partial charge in [-0.3, -0.25) is 5.26 Å². The predicted octanol–water partition coefficient (Wildman–Crippen LogP) is -4.90. The average Bonchev–Trinajstić information content (AvgIpc) is 2.56. The maximum atomic E-state index is 10.0. The Bertz CT molecular complexity index is 394. The van der Waals surface area contributed by atoms with Crippen molar-refractivity contribution in [3.05, 3.63) is 0 Å². The summed E-state index contributed by atoms with van der Waals surface area (Å²) in [6, 6.07) is 0. The zero-order valence-electron chi connectivity index (χ0n) is 12.4. The van der Waals surface area contributed by atoms with E-state index in [1.54, 1.807) is 0 Å². The molecule has 10 atom stereocenters. The molecule has 2 fully saturated rings. The van der Waals surface area contributed by atoms with Gasteiger partial charge in [0.2, 0.25) is 0 Å². The lowest BCUT2D eigenvalue weighted by atomic mass is 9.97. The van der Waals surface area contributed by atoms with Crippen LogP contribution in [0.1, 0.15) is 0 Å². The van der Waals surface area contributed by atoms with E-state index in [1.165, 1.54) is 0 Å². The van der Waals surface area contributed by atoms with E-state index in [-0.39, 0.29) is 0 Å². The molecule has 0 aromatic heterocycles. The third-order valence-electron chi connectivity index (χ3n) is 4.04. The van der Waals surface area contributed by atoms with E-state index < -0.39 is 74.6 Å². The van der Waals surface area contributed by atoms with Crippen LogP contribution in [0.3, 0.4) is 0 Å². The predicted molar refractivity (Wildman–Crippen MR) is 70.1 cm³/mol. The lowest BCUT2D eigenvalue weighted by molar-refractivity contribution is -0.369. The van der Waals surface area contributed by atoms with Crippen molar-refractivity contribution in [1.29, 1.82) is 0 Å². The van der Waals surface area contributed by atoms with Gasteiger partial charge in [-0.2, -0.15) is 0 Å². The fourth-order valence-corrected chi connectivity index (χ4v) is 2.61. The van der Waals surface area contributed by atoms with E-state index in [0.29, 0.717) is 0 Å². The summed E-state index contributed by atoms with van der Waals surface area (Å²) in [4.78, 5) is 3.80. The van der Waals surface area contributed by atoms with Gasteiger partial charge in [0.05, 0.1) is 6.61 Å². The second-order valence-electron chi connectivity index (χ2n) is 5.64. The SMILES string of the molecule is OCC1OC(OC2C(O)OC(COO)C(O)C2O)C(O)C(O)C1O. The van der Waals surface area contributed by atoms with Gasteiger partial charge in [-0.25, -0.2) is 4.89 Å². The first-order chi connectivity index (χ1) is 11.3. The molecule has 2 saturated heterocycles. The van der Waals surface area contributed by atoms with Crippen LogP contribution < -0.4 is 0 Å². The van der Waals surface area contributed by atoms with E-state index in [4.69, 9.17) is 24.6 Å². The Morgan fingerprint density at radius 2 is 1.38 bits per heavy atom. The fraction of sp³-hybridized carbons (Fsp3) is 1.00. The largest absolute Gasteiger partial charge is 0.394 e. The highest BCUT2D eigenvalue weighted by Crippen LogP contribution is 2.28. The van der Waals surface area contributed by atoms with Crippen molar-refractivity contribution in [2.24, 2.45) is 0 Å². The molecule has 0 bridgehead atoms. The minimum Gasteiger partial charge on any atom is -0.394 e. The molecule has 0 spiro atoms. The van der Waals surface area contributed by atoms with E-state index in [9.17, 15) is 30.6 Å². The highest BCUT2D eigenvalue weighted by molar-refractivity contribution is 4.93. The maximum Gasteiger partial charge on any atom is 0.187 e. The number of rotatable bonds is 5. The summed E-state index contributed by atoms with van der Waals surface area (Å²) in [7, 11) is 0. The Labute approximate surface area is 135 Å². The van der Waals surface area contributed by atoms with Gasteiger partial charge < -0.3 is 50.0 Å². The molecule has 2 heterocycles. The summed E-state index contributed by atoms with van der Waals surface area (Å²) in [5.74, 6) is 0. The van der Waals surface area contributed by atoms with E-state index in [2.05, 4.69) is 4.89 Å². The summed E-state index contributed by atoms with van der Waals surface area (Å²) in [6.07, 6.45) is -15.8. The third-order valence-corrected chi connectivity index (χ3v) is 4.04. The van der Waals surface area contributed by atoms with Gasteiger partial charge >= 0.3 is 0 Å². The molecule has 10 unspecified atom stereocenters. The topological polar surface area (TPSA) is 199 Å². The van der Waals surface area contributed by atoms with E-state index >= 15 is 0 Å². The Morgan fingerprint density at radius 3 is 1.96 bits per heavy atom. The van der Waals surface area contributed by atoms with Crippen molar-refractivity contribution in [2.75, 3.05) is 13.2 Å². The van der Waals surface area contributed by atoms with Gasteiger partial charge in [0.1, 0.15) is 55.4 Å². The van der Waals surface area contributed by atoms with Crippen LogP contribution >= 0.6 is 0 Å². The molecule has 8 N–H and O–H groups in total.